The lowest BCUT2D eigenvalue weighted by molar-refractivity contribution is 0.481. The Morgan fingerprint density at radius 3 is 2.48 bits per heavy atom. The topological polar surface area (TPSA) is 48.1 Å². The summed E-state index contributed by atoms with van der Waals surface area (Å²) in [6.07, 6.45) is 1.79. The van der Waals surface area contributed by atoms with E-state index in [1.165, 1.54) is 11.1 Å². The van der Waals surface area contributed by atoms with Gasteiger partial charge in [-0.15, -0.1) is 0 Å². The summed E-state index contributed by atoms with van der Waals surface area (Å²) >= 11 is 0. The molecule has 3 aromatic rings. The summed E-state index contributed by atoms with van der Waals surface area (Å²) in [6.45, 7) is 4.53. The maximum atomic E-state index is 6.16. The van der Waals surface area contributed by atoms with E-state index in [1.807, 2.05) is 36.4 Å². The lowest BCUT2D eigenvalue weighted by Gasteiger charge is -2.13. The number of rotatable bonds is 3. The first-order valence-electron chi connectivity index (χ1n) is 7.00. The third kappa shape index (κ3) is 2.73. The van der Waals surface area contributed by atoms with E-state index in [9.17, 15) is 0 Å². The Morgan fingerprint density at radius 1 is 1.05 bits per heavy atom. The molecule has 0 fully saturated rings. The molecule has 21 heavy (non-hydrogen) atoms. The van der Waals surface area contributed by atoms with Crippen LogP contribution in [0.4, 0.5) is 0 Å². The van der Waals surface area contributed by atoms with Crippen molar-refractivity contribution in [2.45, 2.75) is 20.4 Å². The number of fused-ring (bicyclic) bond motifs is 1. The summed E-state index contributed by atoms with van der Waals surface area (Å²) < 4.78 is 6.16. The van der Waals surface area contributed by atoms with E-state index < -0.39 is 0 Å². The standard InChI is InChI=1S/C18H18N2O/c1-12-7-13(2)9-15(8-12)21-18-14(10-19)11-20-17-6-4-3-5-16(17)18/h3-9,11H,10,19H2,1-2H3. The Balaban J connectivity index is 2.14. The van der Waals surface area contributed by atoms with Gasteiger partial charge in [0.1, 0.15) is 11.5 Å². The summed E-state index contributed by atoms with van der Waals surface area (Å²) in [7, 11) is 0. The molecule has 1 heterocycles. The number of nitrogens with zero attached hydrogens (tertiary/aromatic N) is 1. The van der Waals surface area contributed by atoms with Gasteiger partial charge in [0.2, 0.25) is 0 Å². The number of hydrogen-bond acceptors (Lipinski definition) is 3. The van der Waals surface area contributed by atoms with Crippen LogP contribution in [0.5, 0.6) is 11.5 Å². The highest BCUT2D eigenvalue weighted by Crippen LogP contribution is 2.33. The minimum atomic E-state index is 0.401. The Hall–Kier alpha value is -2.39. The number of nitrogens with two attached hydrogens (primary N) is 1. The molecule has 0 atom stereocenters. The van der Waals surface area contributed by atoms with Crippen molar-refractivity contribution >= 4 is 10.9 Å². The number of aromatic nitrogens is 1. The van der Waals surface area contributed by atoms with Gasteiger partial charge >= 0.3 is 0 Å². The van der Waals surface area contributed by atoms with Crippen LogP contribution >= 0.6 is 0 Å². The zero-order valence-corrected chi connectivity index (χ0v) is 12.3. The Bertz CT molecular complexity index is 776. The predicted molar refractivity (Wildman–Crippen MR) is 85.6 cm³/mol. The third-order valence-electron chi connectivity index (χ3n) is 3.43. The highest BCUT2D eigenvalue weighted by atomic mass is 16.5. The summed E-state index contributed by atoms with van der Waals surface area (Å²) in [5.74, 6) is 1.63. The van der Waals surface area contributed by atoms with Gasteiger partial charge in [-0.05, 0) is 49.2 Å². The monoisotopic (exact) mass is 278 g/mol. The molecule has 0 amide bonds. The van der Waals surface area contributed by atoms with Gasteiger partial charge in [-0.2, -0.15) is 0 Å². The molecule has 0 saturated carbocycles. The first kappa shape index (κ1) is 13.6. The van der Waals surface area contributed by atoms with Crippen molar-refractivity contribution in [3.8, 4) is 11.5 Å². The molecule has 3 rings (SSSR count). The van der Waals surface area contributed by atoms with Crippen molar-refractivity contribution < 1.29 is 4.74 Å². The molecule has 0 bridgehead atoms. The molecule has 0 aliphatic rings. The average Bonchev–Trinajstić information content (AvgIpc) is 2.46. The van der Waals surface area contributed by atoms with Crippen LogP contribution in [0, 0.1) is 13.8 Å². The largest absolute Gasteiger partial charge is 0.456 e. The van der Waals surface area contributed by atoms with Crippen LogP contribution in [-0.4, -0.2) is 4.98 Å². The number of hydrogen-bond donors (Lipinski definition) is 1. The minimum absolute atomic E-state index is 0.401. The molecule has 0 radical (unpaired) electrons. The van der Waals surface area contributed by atoms with Crippen LogP contribution < -0.4 is 10.5 Å². The molecule has 0 unspecified atom stereocenters. The molecule has 2 N–H and O–H groups in total. The molecular formula is C18H18N2O. The van der Waals surface area contributed by atoms with E-state index in [4.69, 9.17) is 10.5 Å². The Morgan fingerprint density at radius 2 is 1.76 bits per heavy atom. The van der Waals surface area contributed by atoms with Crippen molar-refractivity contribution in [1.29, 1.82) is 0 Å². The maximum Gasteiger partial charge on any atom is 0.142 e. The number of aryl methyl sites for hydroxylation is 2. The predicted octanol–water partition coefficient (Wildman–Crippen LogP) is 4.10. The fourth-order valence-corrected chi connectivity index (χ4v) is 2.53. The van der Waals surface area contributed by atoms with E-state index in [1.54, 1.807) is 6.20 Å². The van der Waals surface area contributed by atoms with Crippen LogP contribution in [-0.2, 0) is 6.54 Å². The molecule has 106 valence electrons. The Labute approximate surface area is 124 Å². The third-order valence-corrected chi connectivity index (χ3v) is 3.43. The van der Waals surface area contributed by atoms with Gasteiger partial charge in [-0.25, -0.2) is 0 Å². The molecule has 1 aromatic heterocycles. The molecular weight excluding hydrogens is 260 g/mol. The van der Waals surface area contributed by atoms with E-state index in [-0.39, 0.29) is 0 Å². The van der Waals surface area contributed by atoms with Gasteiger partial charge in [0.05, 0.1) is 5.52 Å². The SMILES string of the molecule is Cc1cc(C)cc(Oc2c(CN)cnc3ccccc23)c1. The van der Waals surface area contributed by atoms with Crippen LogP contribution in [0.3, 0.4) is 0 Å². The highest BCUT2D eigenvalue weighted by Gasteiger charge is 2.10. The molecule has 0 saturated heterocycles. The second-order valence-electron chi connectivity index (χ2n) is 5.26. The zero-order valence-electron chi connectivity index (χ0n) is 12.3. The number of benzene rings is 2. The zero-order chi connectivity index (χ0) is 14.8. The lowest BCUT2D eigenvalue weighted by atomic mass is 10.1. The quantitative estimate of drug-likeness (QED) is 0.784. The van der Waals surface area contributed by atoms with Crippen molar-refractivity contribution in [3.05, 3.63) is 65.4 Å². The number of para-hydroxylation sites is 1. The molecule has 0 aliphatic carbocycles. The lowest BCUT2D eigenvalue weighted by Crippen LogP contribution is -2.01. The van der Waals surface area contributed by atoms with Crippen LogP contribution in [0.15, 0.2) is 48.7 Å². The van der Waals surface area contributed by atoms with Crippen LogP contribution in [0.1, 0.15) is 16.7 Å². The minimum Gasteiger partial charge on any atom is -0.456 e. The van der Waals surface area contributed by atoms with Crippen molar-refractivity contribution in [2.24, 2.45) is 5.73 Å². The first-order chi connectivity index (χ1) is 10.2. The Kier molecular flexibility index (Phi) is 3.59. The van der Waals surface area contributed by atoms with Crippen molar-refractivity contribution in [2.75, 3.05) is 0 Å². The molecule has 0 aliphatic heterocycles. The van der Waals surface area contributed by atoms with Crippen LogP contribution in [0.2, 0.25) is 0 Å². The molecule has 3 heteroatoms. The van der Waals surface area contributed by atoms with Crippen LogP contribution in [0.25, 0.3) is 10.9 Å². The van der Waals surface area contributed by atoms with E-state index in [0.29, 0.717) is 6.54 Å². The van der Waals surface area contributed by atoms with Crippen molar-refractivity contribution in [1.82, 2.24) is 4.98 Å². The number of pyridine rings is 1. The molecule has 2 aromatic carbocycles. The second-order valence-corrected chi connectivity index (χ2v) is 5.26. The summed E-state index contributed by atoms with van der Waals surface area (Å²) in [6, 6.07) is 14.1. The summed E-state index contributed by atoms with van der Waals surface area (Å²) in [4.78, 5) is 4.43. The number of ether oxygens (including phenoxy) is 1. The average molecular weight is 278 g/mol. The van der Waals surface area contributed by atoms with Gasteiger partial charge in [0, 0.05) is 23.7 Å². The van der Waals surface area contributed by atoms with Gasteiger partial charge in [-0.3, -0.25) is 4.98 Å². The summed E-state index contributed by atoms with van der Waals surface area (Å²) in [5.41, 5.74) is 10.0. The van der Waals surface area contributed by atoms with E-state index >= 15 is 0 Å². The summed E-state index contributed by atoms with van der Waals surface area (Å²) in [5, 5.41) is 0.986. The fourth-order valence-electron chi connectivity index (χ4n) is 2.53. The smallest absolute Gasteiger partial charge is 0.142 e. The highest BCUT2D eigenvalue weighted by molar-refractivity contribution is 5.86. The van der Waals surface area contributed by atoms with Crippen molar-refractivity contribution in [3.63, 3.8) is 0 Å². The normalized spacial score (nSPS) is 10.8. The maximum absolute atomic E-state index is 6.16. The van der Waals surface area contributed by atoms with Gasteiger partial charge in [-0.1, -0.05) is 18.2 Å². The van der Waals surface area contributed by atoms with E-state index in [2.05, 4.69) is 24.9 Å². The van der Waals surface area contributed by atoms with Gasteiger partial charge < -0.3 is 10.5 Å². The fraction of sp³-hybridized carbons (Fsp3) is 0.167. The molecule has 0 spiro atoms. The van der Waals surface area contributed by atoms with E-state index in [0.717, 1.165) is 28.0 Å². The van der Waals surface area contributed by atoms with Gasteiger partial charge in [0.25, 0.3) is 0 Å². The second kappa shape index (κ2) is 5.54. The molecule has 3 nitrogen and oxygen atoms in total. The van der Waals surface area contributed by atoms with Gasteiger partial charge in [0.15, 0.2) is 0 Å². The first-order valence-corrected chi connectivity index (χ1v) is 7.00.